The predicted molar refractivity (Wildman–Crippen MR) is 75.0 cm³/mol. The van der Waals surface area contributed by atoms with Gasteiger partial charge in [0.05, 0.1) is 7.11 Å². The van der Waals surface area contributed by atoms with Crippen molar-refractivity contribution in [3.8, 4) is 0 Å². The molecule has 0 rings (SSSR count). The molecule has 19 heavy (non-hydrogen) atoms. The van der Waals surface area contributed by atoms with Crippen molar-refractivity contribution in [2.45, 2.75) is 71.1 Å². The number of carbonyl (C=O) groups is 2. The average molecular weight is 272 g/mol. The molecule has 0 saturated heterocycles. The second-order valence-corrected chi connectivity index (χ2v) is 5.03. The van der Waals surface area contributed by atoms with Gasteiger partial charge in [0.2, 0.25) is 0 Å². The van der Waals surface area contributed by atoms with E-state index >= 15 is 0 Å². The van der Waals surface area contributed by atoms with Gasteiger partial charge in [0.1, 0.15) is 0 Å². The fraction of sp³-hybridized carbons (Fsp3) is 0.867. The maximum absolute atomic E-state index is 11.2. The van der Waals surface area contributed by atoms with Gasteiger partial charge in [-0.05, 0) is 6.42 Å². The van der Waals surface area contributed by atoms with E-state index in [1.807, 2.05) is 0 Å². The lowest BCUT2D eigenvalue weighted by atomic mass is 10.00. The van der Waals surface area contributed by atoms with Crippen LogP contribution in [-0.2, 0) is 14.3 Å². The van der Waals surface area contributed by atoms with Gasteiger partial charge in [0.15, 0.2) is 5.92 Å². The molecule has 0 fully saturated rings. The summed E-state index contributed by atoms with van der Waals surface area (Å²) in [7, 11) is 1.23. The summed E-state index contributed by atoms with van der Waals surface area (Å²) in [5, 5.41) is 8.90. The van der Waals surface area contributed by atoms with Crippen LogP contribution in [0.4, 0.5) is 0 Å². The quantitative estimate of drug-likeness (QED) is 0.333. The van der Waals surface area contributed by atoms with Crippen molar-refractivity contribution < 1.29 is 19.4 Å². The van der Waals surface area contributed by atoms with Crippen molar-refractivity contribution in [2.24, 2.45) is 5.92 Å². The first-order valence-corrected chi connectivity index (χ1v) is 7.44. The molecule has 0 aromatic rings. The highest BCUT2D eigenvalue weighted by Crippen LogP contribution is 2.15. The molecular weight excluding hydrogens is 244 g/mol. The minimum atomic E-state index is -1.08. The van der Waals surface area contributed by atoms with E-state index < -0.39 is 17.9 Å². The van der Waals surface area contributed by atoms with Gasteiger partial charge in [-0.1, -0.05) is 64.7 Å². The smallest absolute Gasteiger partial charge is 0.320 e. The molecule has 0 heterocycles. The summed E-state index contributed by atoms with van der Waals surface area (Å²) in [6, 6.07) is 0. The number of hydrogen-bond donors (Lipinski definition) is 1. The molecule has 0 saturated carbocycles. The number of unbranched alkanes of at least 4 members (excludes halogenated alkanes) is 8. The van der Waals surface area contributed by atoms with Crippen molar-refractivity contribution in [1.82, 2.24) is 0 Å². The minimum Gasteiger partial charge on any atom is -0.481 e. The van der Waals surface area contributed by atoms with E-state index in [9.17, 15) is 9.59 Å². The van der Waals surface area contributed by atoms with Crippen LogP contribution in [0.1, 0.15) is 71.1 Å². The zero-order chi connectivity index (χ0) is 14.5. The molecule has 0 aliphatic carbocycles. The lowest BCUT2D eigenvalue weighted by molar-refractivity contribution is -0.157. The Bertz CT molecular complexity index is 251. The number of aliphatic carboxylic acids is 1. The van der Waals surface area contributed by atoms with Crippen LogP contribution < -0.4 is 0 Å². The van der Waals surface area contributed by atoms with Gasteiger partial charge in [-0.3, -0.25) is 9.59 Å². The summed E-state index contributed by atoms with van der Waals surface area (Å²) >= 11 is 0. The van der Waals surface area contributed by atoms with Gasteiger partial charge in [-0.15, -0.1) is 0 Å². The number of rotatable bonds is 12. The molecule has 0 aromatic carbocycles. The number of hydrogen-bond acceptors (Lipinski definition) is 3. The maximum Gasteiger partial charge on any atom is 0.320 e. The largest absolute Gasteiger partial charge is 0.481 e. The van der Waals surface area contributed by atoms with Gasteiger partial charge in [0.25, 0.3) is 0 Å². The molecular formula is C15H28O4. The second kappa shape index (κ2) is 12.0. The Morgan fingerprint density at radius 2 is 1.42 bits per heavy atom. The van der Waals surface area contributed by atoms with E-state index in [4.69, 9.17) is 5.11 Å². The van der Waals surface area contributed by atoms with Gasteiger partial charge < -0.3 is 9.84 Å². The second-order valence-electron chi connectivity index (χ2n) is 5.03. The third kappa shape index (κ3) is 9.51. The number of esters is 1. The van der Waals surface area contributed by atoms with E-state index in [-0.39, 0.29) is 0 Å². The summed E-state index contributed by atoms with van der Waals surface area (Å²) in [4.78, 5) is 22.1. The van der Waals surface area contributed by atoms with Crippen LogP contribution in [0.15, 0.2) is 0 Å². The van der Waals surface area contributed by atoms with E-state index in [2.05, 4.69) is 11.7 Å². The number of carbonyl (C=O) groups excluding carboxylic acids is 1. The summed E-state index contributed by atoms with van der Waals surface area (Å²) in [5.74, 6) is -2.70. The molecule has 1 N–H and O–H groups in total. The fourth-order valence-corrected chi connectivity index (χ4v) is 2.14. The van der Waals surface area contributed by atoms with Crippen molar-refractivity contribution in [1.29, 1.82) is 0 Å². The number of methoxy groups -OCH3 is 1. The Hall–Kier alpha value is -1.06. The fourth-order valence-electron chi connectivity index (χ4n) is 2.14. The summed E-state index contributed by atoms with van der Waals surface area (Å²) < 4.78 is 4.49. The molecule has 0 spiro atoms. The normalized spacial score (nSPS) is 12.1. The molecule has 0 bridgehead atoms. The first-order chi connectivity index (χ1) is 9.13. The third-order valence-electron chi connectivity index (χ3n) is 3.38. The summed E-state index contributed by atoms with van der Waals surface area (Å²) in [6.45, 7) is 2.21. The monoisotopic (exact) mass is 272 g/mol. The van der Waals surface area contributed by atoms with Gasteiger partial charge in [-0.2, -0.15) is 0 Å². The molecule has 0 radical (unpaired) electrons. The number of carboxylic acids is 1. The molecule has 0 amide bonds. The Morgan fingerprint density at radius 1 is 0.947 bits per heavy atom. The first-order valence-electron chi connectivity index (χ1n) is 7.44. The Balaban J connectivity index is 3.51. The Labute approximate surface area is 116 Å². The van der Waals surface area contributed by atoms with Crippen molar-refractivity contribution in [3.63, 3.8) is 0 Å². The Morgan fingerprint density at radius 3 is 1.84 bits per heavy atom. The van der Waals surface area contributed by atoms with Crippen LogP contribution in [0.25, 0.3) is 0 Å². The standard InChI is InChI=1S/C15H28O4/c1-3-4-5-6-7-8-9-10-11-12-13(14(16)17)15(18)19-2/h13H,3-12H2,1-2H3,(H,16,17). The third-order valence-corrected chi connectivity index (χ3v) is 3.38. The zero-order valence-electron chi connectivity index (χ0n) is 12.3. The molecule has 0 aliphatic heterocycles. The van der Waals surface area contributed by atoms with E-state index in [1.165, 1.54) is 45.6 Å². The minimum absolute atomic E-state index is 0.387. The molecule has 1 unspecified atom stereocenters. The maximum atomic E-state index is 11.2. The van der Waals surface area contributed by atoms with Crippen LogP contribution in [-0.4, -0.2) is 24.2 Å². The molecule has 0 aliphatic rings. The predicted octanol–water partition coefficient (Wildman–Crippen LogP) is 3.78. The molecule has 112 valence electrons. The van der Waals surface area contributed by atoms with Gasteiger partial charge >= 0.3 is 11.9 Å². The highest BCUT2D eigenvalue weighted by Gasteiger charge is 2.26. The summed E-state index contributed by atoms with van der Waals surface area (Å²) in [6.07, 6.45) is 11.0. The zero-order valence-corrected chi connectivity index (χ0v) is 12.3. The highest BCUT2D eigenvalue weighted by molar-refractivity contribution is 5.93. The Kier molecular flexibility index (Phi) is 11.3. The topological polar surface area (TPSA) is 63.6 Å². The summed E-state index contributed by atoms with van der Waals surface area (Å²) in [5.41, 5.74) is 0. The van der Waals surface area contributed by atoms with Gasteiger partial charge in [-0.25, -0.2) is 0 Å². The van der Waals surface area contributed by atoms with E-state index in [0.717, 1.165) is 19.3 Å². The van der Waals surface area contributed by atoms with Crippen LogP contribution in [0.5, 0.6) is 0 Å². The average Bonchev–Trinajstić information content (AvgIpc) is 2.40. The van der Waals surface area contributed by atoms with Crippen LogP contribution in [0, 0.1) is 5.92 Å². The van der Waals surface area contributed by atoms with Gasteiger partial charge in [0, 0.05) is 0 Å². The molecule has 1 atom stereocenters. The lowest BCUT2D eigenvalue weighted by Crippen LogP contribution is -2.24. The van der Waals surface area contributed by atoms with Crippen molar-refractivity contribution >= 4 is 11.9 Å². The number of ether oxygens (including phenoxy) is 1. The van der Waals surface area contributed by atoms with Crippen LogP contribution in [0.2, 0.25) is 0 Å². The lowest BCUT2D eigenvalue weighted by Gasteiger charge is -2.09. The SMILES string of the molecule is CCCCCCCCCCCC(C(=O)O)C(=O)OC. The molecule has 4 nitrogen and oxygen atoms in total. The van der Waals surface area contributed by atoms with E-state index in [1.54, 1.807) is 0 Å². The van der Waals surface area contributed by atoms with Crippen LogP contribution in [0.3, 0.4) is 0 Å². The van der Waals surface area contributed by atoms with Crippen molar-refractivity contribution in [2.75, 3.05) is 7.11 Å². The van der Waals surface area contributed by atoms with Crippen molar-refractivity contribution in [3.05, 3.63) is 0 Å². The highest BCUT2D eigenvalue weighted by atomic mass is 16.5. The van der Waals surface area contributed by atoms with E-state index in [0.29, 0.717) is 6.42 Å². The first kappa shape index (κ1) is 17.9. The molecule has 4 heteroatoms. The molecule has 0 aromatic heterocycles. The number of carboxylic acid groups (broad SMARTS) is 1. The van der Waals surface area contributed by atoms with Crippen LogP contribution >= 0.6 is 0 Å².